The lowest BCUT2D eigenvalue weighted by Crippen LogP contribution is -2.35. The van der Waals surface area contributed by atoms with E-state index in [2.05, 4.69) is 22.1 Å². The normalized spacial score (nSPS) is 17.0. The van der Waals surface area contributed by atoms with Gasteiger partial charge < -0.3 is 4.90 Å². The lowest BCUT2D eigenvalue weighted by atomic mass is 10.0. The van der Waals surface area contributed by atoms with Crippen LogP contribution in [0.5, 0.6) is 0 Å². The molecule has 0 bridgehead atoms. The van der Waals surface area contributed by atoms with Crippen LogP contribution in [0, 0.1) is 6.92 Å². The summed E-state index contributed by atoms with van der Waals surface area (Å²) in [6.07, 6.45) is 7.71. The van der Waals surface area contributed by atoms with Crippen LogP contribution in [0.2, 0.25) is 0 Å². The van der Waals surface area contributed by atoms with E-state index >= 15 is 0 Å². The molecule has 4 nitrogen and oxygen atoms in total. The largest absolute Gasteiger partial charge is 0.336 e. The maximum Gasteiger partial charge on any atom is 0.255 e. The van der Waals surface area contributed by atoms with E-state index in [0.717, 1.165) is 48.8 Å². The Balaban J connectivity index is 1.48. The molecule has 0 N–H and O–H groups in total. The molecule has 3 aromatic rings. The lowest BCUT2D eigenvalue weighted by molar-refractivity contribution is 0.0730. The molecule has 0 unspecified atom stereocenters. The van der Waals surface area contributed by atoms with Crippen LogP contribution in [0.25, 0.3) is 10.9 Å². The number of pyridine rings is 2. The summed E-state index contributed by atoms with van der Waals surface area (Å²) in [5.41, 5.74) is 3.96. The predicted octanol–water partition coefficient (Wildman–Crippen LogP) is 4.18. The third-order valence-electron chi connectivity index (χ3n) is 5.20. The van der Waals surface area contributed by atoms with Crippen LogP contribution in [0.4, 0.5) is 0 Å². The first-order chi connectivity index (χ1) is 12.7. The van der Waals surface area contributed by atoms with Crippen molar-refractivity contribution in [3.63, 3.8) is 0 Å². The average Bonchev–Trinajstić information content (AvgIpc) is 3.14. The number of benzene rings is 1. The van der Waals surface area contributed by atoms with Crippen molar-refractivity contribution in [3.05, 3.63) is 71.7 Å². The van der Waals surface area contributed by atoms with Gasteiger partial charge in [-0.25, -0.2) is 0 Å². The van der Waals surface area contributed by atoms with Crippen molar-refractivity contribution in [2.45, 2.75) is 38.6 Å². The number of nitrogens with zero attached hydrogens (tertiary/aromatic N) is 3. The zero-order valence-electron chi connectivity index (χ0n) is 15.1. The molecule has 4 heteroatoms. The average molecular weight is 345 g/mol. The Morgan fingerprint density at radius 1 is 1.19 bits per heavy atom. The van der Waals surface area contributed by atoms with Gasteiger partial charge in [0.25, 0.3) is 5.91 Å². The molecule has 3 heterocycles. The number of carbonyl (C=O) groups excluding carboxylic acids is 1. The molecule has 1 fully saturated rings. The van der Waals surface area contributed by atoms with E-state index in [0.29, 0.717) is 11.6 Å². The van der Waals surface area contributed by atoms with Crippen LogP contribution in [-0.2, 0) is 6.42 Å². The van der Waals surface area contributed by atoms with Crippen LogP contribution in [0.3, 0.4) is 0 Å². The predicted molar refractivity (Wildman–Crippen MR) is 103 cm³/mol. The molecule has 1 amide bonds. The minimum Gasteiger partial charge on any atom is -0.336 e. The number of carbonyl (C=O) groups is 1. The van der Waals surface area contributed by atoms with Gasteiger partial charge in [0.15, 0.2) is 0 Å². The Labute approximate surface area is 153 Å². The fourth-order valence-corrected chi connectivity index (χ4v) is 3.85. The molecular formula is C22H23N3O. The first-order valence-electron chi connectivity index (χ1n) is 9.28. The molecule has 0 saturated carbocycles. The van der Waals surface area contributed by atoms with Gasteiger partial charge in [0.1, 0.15) is 0 Å². The van der Waals surface area contributed by atoms with Crippen molar-refractivity contribution in [2.24, 2.45) is 0 Å². The Morgan fingerprint density at radius 2 is 2.08 bits per heavy atom. The Morgan fingerprint density at radius 3 is 2.96 bits per heavy atom. The minimum atomic E-state index is 0.108. The maximum absolute atomic E-state index is 13.0. The third-order valence-corrected chi connectivity index (χ3v) is 5.20. The molecular weight excluding hydrogens is 322 g/mol. The van der Waals surface area contributed by atoms with Crippen molar-refractivity contribution < 1.29 is 4.79 Å². The number of hydrogen-bond donors (Lipinski definition) is 0. The van der Waals surface area contributed by atoms with Gasteiger partial charge in [0, 0.05) is 36.1 Å². The van der Waals surface area contributed by atoms with E-state index in [4.69, 9.17) is 0 Å². The number of fused-ring (bicyclic) bond motifs is 1. The van der Waals surface area contributed by atoms with E-state index in [9.17, 15) is 4.79 Å². The van der Waals surface area contributed by atoms with Gasteiger partial charge in [-0.05, 0) is 62.4 Å². The Hall–Kier alpha value is -2.75. The summed E-state index contributed by atoms with van der Waals surface area (Å²) in [6, 6.07) is 14.4. The summed E-state index contributed by atoms with van der Waals surface area (Å²) in [5, 5.41) is 1.02. The molecule has 1 aliphatic rings. The van der Waals surface area contributed by atoms with E-state index in [1.54, 1.807) is 6.20 Å². The molecule has 1 saturated heterocycles. The summed E-state index contributed by atoms with van der Waals surface area (Å²) >= 11 is 0. The molecule has 0 radical (unpaired) electrons. The standard InChI is InChI=1S/C22H23N3O/c1-16-13-17(10-11-23-16)8-9-20-6-4-12-25(20)22(26)19-14-18-5-2-3-7-21(18)24-15-19/h2-3,5,7,10-11,13-15,20H,4,6,8-9,12H2,1H3/t20-/m1/s1. The molecule has 2 aromatic heterocycles. The van der Waals surface area contributed by atoms with Crippen molar-refractivity contribution in [2.75, 3.05) is 6.54 Å². The molecule has 1 aromatic carbocycles. The molecule has 26 heavy (non-hydrogen) atoms. The highest BCUT2D eigenvalue weighted by atomic mass is 16.2. The molecule has 0 spiro atoms. The number of likely N-dealkylation sites (tertiary alicyclic amines) is 1. The Kier molecular flexibility index (Phi) is 4.65. The van der Waals surface area contributed by atoms with Crippen LogP contribution < -0.4 is 0 Å². The van der Waals surface area contributed by atoms with Crippen molar-refractivity contribution in [1.29, 1.82) is 0 Å². The number of aromatic nitrogens is 2. The van der Waals surface area contributed by atoms with Crippen LogP contribution >= 0.6 is 0 Å². The van der Waals surface area contributed by atoms with E-state index < -0.39 is 0 Å². The second-order valence-electron chi connectivity index (χ2n) is 7.06. The van der Waals surface area contributed by atoms with Crippen molar-refractivity contribution >= 4 is 16.8 Å². The van der Waals surface area contributed by atoms with Gasteiger partial charge in [-0.15, -0.1) is 0 Å². The van der Waals surface area contributed by atoms with E-state index in [-0.39, 0.29) is 5.91 Å². The van der Waals surface area contributed by atoms with Gasteiger partial charge in [-0.1, -0.05) is 18.2 Å². The monoisotopic (exact) mass is 345 g/mol. The first-order valence-corrected chi connectivity index (χ1v) is 9.28. The minimum absolute atomic E-state index is 0.108. The fraction of sp³-hybridized carbons (Fsp3) is 0.318. The van der Waals surface area contributed by atoms with Gasteiger partial charge in [-0.3, -0.25) is 14.8 Å². The summed E-state index contributed by atoms with van der Waals surface area (Å²) in [7, 11) is 0. The number of para-hydroxylation sites is 1. The topological polar surface area (TPSA) is 46.1 Å². The van der Waals surface area contributed by atoms with Crippen LogP contribution in [0.15, 0.2) is 54.9 Å². The first kappa shape index (κ1) is 16.7. The summed E-state index contributed by atoms with van der Waals surface area (Å²) in [5.74, 6) is 0.108. The third kappa shape index (κ3) is 3.45. The second-order valence-corrected chi connectivity index (χ2v) is 7.06. The van der Waals surface area contributed by atoms with Gasteiger partial charge >= 0.3 is 0 Å². The quantitative estimate of drug-likeness (QED) is 0.713. The summed E-state index contributed by atoms with van der Waals surface area (Å²) in [4.78, 5) is 23.8. The van der Waals surface area contributed by atoms with Gasteiger partial charge in [-0.2, -0.15) is 0 Å². The lowest BCUT2D eigenvalue weighted by Gasteiger charge is -2.25. The van der Waals surface area contributed by atoms with Gasteiger partial charge in [0.05, 0.1) is 11.1 Å². The van der Waals surface area contributed by atoms with Crippen LogP contribution in [0.1, 0.15) is 40.9 Å². The molecule has 0 aliphatic carbocycles. The molecule has 1 aliphatic heterocycles. The van der Waals surface area contributed by atoms with Crippen molar-refractivity contribution in [1.82, 2.24) is 14.9 Å². The highest BCUT2D eigenvalue weighted by Gasteiger charge is 2.29. The number of amides is 1. The highest BCUT2D eigenvalue weighted by Crippen LogP contribution is 2.25. The zero-order valence-corrected chi connectivity index (χ0v) is 15.1. The Bertz CT molecular complexity index is 937. The zero-order chi connectivity index (χ0) is 17.9. The van der Waals surface area contributed by atoms with Crippen LogP contribution in [-0.4, -0.2) is 33.4 Å². The molecule has 1 atom stereocenters. The molecule has 4 rings (SSSR count). The van der Waals surface area contributed by atoms with E-state index in [1.807, 2.05) is 48.4 Å². The van der Waals surface area contributed by atoms with Crippen molar-refractivity contribution in [3.8, 4) is 0 Å². The SMILES string of the molecule is Cc1cc(CC[C@H]2CCCN2C(=O)c2cnc3ccccc3c2)ccn1. The smallest absolute Gasteiger partial charge is 0.255 e. The summed E-state index contributed by atoms with van der Waals surface area (Å²) in [6.45, 7) is 2.85. The number of rotatable bonds is 4. The fourth-order valence-electron chi connectivity index (χ4n) is 3.85. The highest BCUT2D eigenvalue weighted by molar-refractivity contribution is 5.97. The van der Waals surface area contributed by atoms with Gasteiger partial charge in [0.2, 0.25) is 0 Å². The summed E-state index contributed by atoms with van der Waals surface area (Å²) < 4.78 is 0. The maximum atomic E-state index is 13.0. The second kappa shape index (κ2) is 7.24. The number of hydrogen-bond acceptors (Lipinski definition) is 3. The molecule has 132 valence electrons. The number of aryl methyl sites for hydroxylation is 2. The van der Waals surface area contributed by atoms with E-state index in [1.165, 1.54) is 5.56 Å².